The van der Waals surface area contributed by atoms with Crippen LogP contribution in [0.4, 0.5) is 10.5 Å². The summed E-state index contributed by atoms with van der Waals surface area (Å²) in [4.78, 5) is 45.6. The summed E-state index contributed by atoms with van der Waals surface area (Å²) in [5.41, 5.74) is 0.231. The molecule has 1 aromatic rings. The third kappa shape index (κ3) is 2.98. The number of carbonyl (C=O) groups excluding carboxylic acids is 2. The first-order valence-corrected chi connectivity index (χ1v) is 6.87. The Morgan fingerprint density at radius 1 is 1.45 bits per heavy atom. The monoisotopic (exact) mass is 322 g/mol. The summed E-state index contributed by atoms with van der Waals surface area (Å²) >= 11 is 0.602. The van der Waals surface area contributed by atoms with Gasteiger partial charge in [0.25, 0.3) is 16.8 Å². The molecule has 0 radical (unpaired) electrons. The molecule has 1 N–H and O–H groups in total. The van der Waals surface area contributed by atoms with Gasteiger partial charge in [0.1, 0.15) is 6.04 Å². The molecule has 1 atom stereocenters. The Kier molecular flexibility index (Phi) is 4.27. The molecule has 8 nitrogen and oxygen atoms in total. The number of hydrogen-bond acceptors (Lipinski definition) is 6. The van der Waals surface area contributed by atoms with Gasteiger partial charge in [-0.05, 0) is 30.3 Å². The quantitative estimate of drug-likeness (QED) is 0.512. The molecule has 1 aliphatic heterocycles. The number of amides is 2. The number of carboxylic acids is 1. The van der Waals surface area contributed by atoms with Crippen molar-refractivity contribution < 1.29 is 24.4 Å². The van der Waals surface area contributed by atoms with E-state index in [-0.39, 0.29) is 10.6 Å². The molecule has 0 spiro atoms. The van der Waals surface area contributed by atoms with E-state index in [2.05, 4.69) is 0 Å². The molecule has 1 saturated heterocycles. The lowest BCUT2D eigenvalue weighted by Gasteiger charge is -2.16. The van der Waals surface area contributed by atoms with E-state index >= 15 is 0 Å². The number of rotatable bonds is 4. The van der Waals surface area contributed by atoms with Crippen molar-refractivity contribution in [3.05, 3.63) is 44.8 Å². The second-order valence-corrected chi connectivity index (χ2v) is 5.41. The molecule has 2 rings (SSSR count). The van der Waals surface area contributed by atoms with Crippen LogP contribution >= 0.6 is 11.8 Å². The lowest BCUT2D eigenvalue weighted by molar-refractivity contribution is -0.384. The Balaban J connectivity index is 2.32. The largest absolute Gasteiger partial charge is 0.480 e. The van der Waals surface area contributed by atoms with Crippen LogP contribution in [0.15, 0.2) is 29.2 Å². The molecule has 0 aromatic heterocycles. The summed E-state index contributed by atoms with van der Waals surface area (Å²) in [7, 11) is 0. The Labute approximate surface area is 128 Å². The highest BCUT2D eigenvalue weighted by molar-refractivity contribution is 8.18. The number of aliphatic carboxylic acids is 1. The first-order chi connectivity index (χ1) is 10.3. The topological polar surface area (TPSA) is 118 Å². The van der Waals surface area contributed by atoms with Crippen molar-refractivity contribution in [2.75, 3.05) is 0 Å². The average molecular weight is 322 g/mol. The van der Waals surface area contributed by atoms with Gasteiger partial charge in [-0.2, -0.15) is 0 Å². The predicted molar refractivity (Wildman–Crippen MR) is 78.0 cm³/mol. The number of hydrogen-bond donors (Lipinski definition) is 1. The fourth-order valence-corrected chi connectivity index (χ4v) is 2.71. The third-order valence-electron chi connectivity index (χ3n) is 2.95. The number of non-ortho nitro benzene ring substituents is 1. The number of carboxylic acid groups (broad SMARTS) is 1. The van der Waals surface area contributed by atoms with Crippen LogP contribution in [0.2, 0.25) is 0 Å². The Morgan fingerprint density at radius 2 is 2.14 bits per heavy atom. The fraction of sp³-hybridized carbons (Fsp3) is 0.154. The molecule has 1 unspecified atom stereocenters. The van der Waals surface area contributed by atoms with Gasteiger partial charge in [-0.15, -0.1) is 0 Å². The maximum Gasteiger partial charge on any atom is 0.326 e. The Bertz CT molecular complexity index is 714. The van der Waals surface area contributed by atoms with E-state index in [1.807, 2.05) is 0 Å². The average Bonchev–Trinajstić information content (AvgIpc) is 2.73. The summed E-state index contributed by atoms with van der Waals surface area (Å²) in [5, 5.41) is 18.9. The van der Waals surface area contributed by atoms with Crippen molar-refractivity contribution in [1.82, 2.24) is 4.90 Å². The molecule has 1 fully saturated rings. The van der Waals surface area contributed by atoms with Crippen molar-refractivity contribution in [1.29, 1.82) is 0 Å². The zero-order valence-corrected chi connectivity index (χ0v) is 12.1. The maximum absolute atomic E-state index is 12.1. The van der Waals surface area contributed by atoms with Gasteiger partial charge >= 0.3 is 5.97 Å². The molecule has 0 bridgehead atoms. The summed E-state index contributed by atoms with van der Waals surface area (Å²) in [5.74, 6) is -2.02. The summed E-state index contributed by atoms with van der Waals surface area (Å²) in [6.45, 7) is 1.23. The fourth-order valence-electron chi connectivity index (χ4n) is 1.80. The second-order valence-electron chi connectivity index (χ2n) is 4.42. The first-order valence-electron chi connectivity index (χ1n) is 6.05. The lowest BCUT2D eigenvalue weighted by atomic mass is 10.2. The molecule has 0 aliphatic carbocycles. The molecule has 1 aromatic carbocycles. The molecule has 0 saturated carbocycles. The SMILES string of the molecule is CC(C(=O)O)N1C(=O)S/C(=C\c2cccc([N+](=O)[O-])c2)C1=O. The zero-order valence-electron chi connectivity index (χ0n) is 11.3. The number of carbonyl (C=O) groups is 3. The summed E-state index contributed by atoms with van der Waals surface area (Å²) < 4.78 is 0. The lowest BCUT2D eigenvalue weighted by Crippen LogP contribution is -2.41. The van der Waals surface area contributed by atoms with Gasteiger partial charge in [-0.3, -0.25) is 24.6 Å². The minimum absolute atomic E-state index is 0.0265. The molecular weight excluding hydrogens is 312 g/mol. The van der Waals surface area contributed by atoms with Gasteiger partial charge < -0.3 is 5.11 Å². The van der Waals surface area contributed by atoms with Crippen LogP contribution in [0, 0.1) is 10.1 Å². The second kappa shape index (κ2) is 5.98. The first kappa shape index (κ1) is 15.7. The number of imide groups is 1. The van der Waals surface area contributed by atoms with E-state index < -0.39 is 28.1 Å². The van der Waals surface area contributed by atoms with Crippen molar-refractivity contribution >= 4 is 40.6 Å². The molecule has 114 valence electrons. The summed E-state index contributed by atoms with van der Waals surface area (Å²) in [6, 6.07) is 4.28. The highest BCUT2D eigenvalue weighted by atomic mass is 32.2. The highest BCUT2D eigenvalue weighted by Crippen LogP contribution is 2.33. The minimum atomic E-state index is -1.29. The van der Waals surface area contributed by atoms with E-state index in [1.54, 1.807) is 6.07 Å². The summed E-state index contributed by atoms with van der Waals surface area (Å²) in [6.07, 6.45) is 1.33. The highest BCUT2D eigenvalue weighted by Gasteiger charge is 2.40. The van der Waals surface area contributed by atoms with E-state index in [0.29, 0.717) is 22.2 Å². The van der Waals surface area contributed by atoms with Gasteiger partial charge in [0.05, 0.1) is 9.83 Å². The van der Waals surface area contributed by atoms with Gasteiger partial charge in [0.2, 0.25) is 0 Å². The van der Waals surface area contributed by atoms with Gasteiger partial charge in [0, 0.05) is 12.1 Å². The van der Waals surface area contributed by atoms with Crippen LogP contribution in [0.1, 0.15) is 12.5 Å². The van der Waals surface area contributed by atoms with Crippen molar-refractivity contribution in [2.45, 2.75) is 13.0 Å². The number of benzene rings is 1. The molecular formula is C13H10N2O6S. The van der Waals surface area contributed by atoms with Crippen LogP contribution in [-0.4, -0.2) is 38.1 Å². The van der Waals surface area contributed by atoms with Crippen molar-refractivity contribution in [2.24, 2.45) is 0 Å². The van der Waals surface area contributed by atoms with Gasteiger partial charge in [0.15, 0.2) is 0 Å². The number of thioether (sulfide) groups is 1. The number of nitrogens with zero attached hydrogens (tertiary/aromatic N) is 2. The normalized spacial score (nSPS) is 17.9. The van der Waals surface area contributed by atoms with Gasteiger partial charge in [-0.25, -0.2) is 4.79 Å². The number of nitro benzene ring substituents is 1. The maximum atomic E-state index is 12.1. The zero-order chi connectivity index (χ0) is 16.4. The Morgan fingerprint density at radius 3 is 2.73 bits per heavy atom. The van der Waals surface area contributed by atoms with Crippen LogP contribution < -0.4 is 0 Å². The van der Waals surface area contributed by atoms with Crippen LogP contribution in [0.5, 0.6) is 0 Å². The molecule has 9 heteroatoms. The minimum Gasteiger partial charge on any atom is -0.480 e. The van der Waals surface area contributed by atoms with E-state index in [9.17, 15) is 24.5 Å². The smallest absolute Gasteiger partial charge is 0.326 e. The molecule has 22 heavy (non-hydrogen) atoms. The van der Waals surface area contributed by atoms with Crippen molar-refractivity contribution in [3.8, 4) is 0 Å². The van der Waals surface area contributed by atoms with Gasteiger partial charge in [-0.1, -0.05) is 12.1 Å². The van der Waals surface area contributed by atoms with Crippen molar-refractivity contribution in [3.63, 3.8) is 0 Å². The molecule has 2 amide bonds. The van der Waals surface area contributed by atoms with E-state index in [1.165, 1.54) is 31.2 Å². The van der Waals surface area contributed by atoms with E-state index in [0.717, 1.165) is 0 Å². The molecule has 1 heterocycles. The standard InChI is InChI=1S/C13H10N2O6S/c1-7(12(17)18)14-11(16)10(22-13(14)19)6-8-3-2-4-9(5-8)15(20)21/h2-7H,1H3,(H,17,18)/b10-6-. The van der Waals surface area contributed by atoms with Crippen LogP contribution in [-0.2, 0) is 9.59 Å². The Hall–Kier alpha value is -2.68. The van der Waals surface area contributed by atoms with E-state index in [4.69, 9.17) is 5.11 Å². The van der Waals surface area contributed by atoms with Crippen LogP contribution in [0.3, 0.4) is 0 Å². The molecule has 1 aliphatic rings. The predicted octanol–water partition coefficient (Wildman–Crippen LogP) is 2.10. The third-order valence-corrected chi connectivity index (χ3v) is 3.83. The van der Waals surface area contributed by atoms with Crippen LogP contribution in [0.25, 0.3) is 6.08 Å². The number of nitro groups is 1.